The van der Waals surface area contributed by atoms with E-state index in [2.05, 4.69) is 22.3 Å². The summed E-state index contributed by atoms with van der Waals surface area (Å²) in [6.45, 7) is 6.31. The van der Waals surface area contributed by atoms with Crippen molar-refractivity contribution in [1.82, 2.24) is 10.2 Å². The molecule has 0 aromatic carbocycles. The van der Waals surface area contributed by atoms with Crippen LogP contribution in [0.2, 0.25) is 0 Å². The third-order valence-corrected chi connectivity index (χ3v) is 3.28. The number of hydrogen-bond donors (Lipinski definition) is 1. The Labute approximate surface area is 136 Å². The first kappa shape index (κ1) is 17.3. The van der Waals surface area contributed by atoms with Crippen LogP contribution in [0.25, 0.3) is 12.2 Å². The van der Waals surface area contributed by atoms with Crippen molar-refractivity contribution in [2.75, 3.05) is 25.2 Å². The second-order valence-electron chi connectivity index (χ2n) is 6.38. The van der Waals surface area contributed by atoms with E-state index in [0.29, 0.717) is 19.0 Å². The number of amides is 1. The highest BCUT2D eigenvalue weighted by Crippen LogP contribution is 2.13. The number of hydrogen-bond acceptors (Lipinski definition) is 4. The molecule has 1 aromatic rings. The lowest BCUT2D eigenvalue weighted by atomic mass is 10.2. The van der Waals surface area contributed by atoms with Crippen molar-refractivity contribution in [3.05, 3.63) is 22.7 Å². The summed E-state index contributed by atoms with van der Waals surface area (Å²) in [5, 5.41) is 9.16. The van der Waals surface area contributed by atoms with Gasteiger partial charge in [-0.1, -0.05) is 18.2 Å². The van der Waals surface area contributed by atoms with Crippen molar-refractivity contribution in [2.24, 2.45) is 0 Å². The third-order valence-electron chi connectivity index (χ3n) is 3.28. The second kappa shape index (κ2) is 7.46. The largest absolute Gasteiger partial charge is 0.443 e. The first-order chi connectivity index (χ1) is 10.9. The predicted octanol–water partition coefficient (Wildman–Crippen LogP) is 1.71. The van der Waals surface area contributed by atoms with E-state index < -0.39 is 11.7 Å². The first-order valence-corrected chi connectivity index (χ1v) is 7.83. The lowest BCUT2D eigenvalue weighted by Crippen LogP contribution is -2.42. The summed E-state index contributed by atoms with van der Waals surface area (Å²) in [5.41, 5.74) is -0.567. The van der Waals surface area contributed by atoms with Crippen LogP contribution in [0.4, 0.5) is 10.6 Å². The van der Waals surface area contributed by atoms with Gasteiger partial charge in [-0.3, -0.25) is 10.00 Å². The maximum Gasteiger partial charge on any atom is 0.416 e. The van der Waals surface area contributed by atoms with Gasteiger partial charge in [-0.15, -0.1) is 0 Å². The number of aromatic nitrogens is 2. The van der Waals surface area contributed by atoms with E-state index in [0.717, 1.165) is 23.4 Å². The standard InChI is InChI=1S/C17H25N3O3/c1-17(2,3)23-16(21)20(11-12-22-4)15-13-9-7-5-6-8-10-14(13)18-19-15/h5,7,9-10,18H,6,8,11-12H2,1-4H3/b7-5+,13-9+,14-10+. The molecule has 126 valence electrons. The smallest absolute Gasteiger partial charge is 0.416 e. The Morgan fingerprint density at radius 1 is 1.39 bits per heavy atom. The van der Waals surface area contributed by atoms with E-state index in [1.807, 2.05) is 32.9 Å². The molecule has 1 aliphatic carbocycles. The van der Waals surface area contributed by atoms with E-state index in [1.54, 1.807) is 7.11 Å². The van der Waals surface area contributed by atoms with Crippen LogP contribution in [0.5, 0.6) is 0 Å². The van der Waals surface area contributed by atoms with Crippen LogP contribution >= 0.6 is 0 Å². The van der Waals surface area contributed by atoms with Gasteiger partial charge < -0.3 is 9.47 Å². The van der Waals surface area contributed by atoms with E-state index in [1.165, 1.54) is 4.90 Å². The van der Waals surface area contributed by atoms with Crippen LogP contribution in [-0.4, -0.2) is 42.2 Å². The predicted molar refractivity (Wildman–Crippen MR) is 90.6 cm³/mol. The summed E-state index contributed by atoms with van der Waals surface area (Å²) in [4.78, 5) is 14.1. The highest BCUT2D eigenvalue weighted by molar-refractivity contribution is 5.87. The lowest BCUT2D eigenvalue weighted by Gasteiger charge is -2.26. The molecule has 23 heavy (non-hydrogen) atoms. The van der Waals surface area contributed by atoms with Crippen molar-refractivity contribution in [3.8, 4) is 0 Å². The summed E-state index contributed by atoms with van der Waals surface area (Å²) in [6.07, 6.45) is 9.65. The van der Waals surface area contributed by atoms with Crippen molar-refractivity contribution in [2.45, 2.75) is 39.2 Å². The number of aromatic amines is 1. The summed E-state index contributed by atoms with van der Waals surface area (Å²) in [5.74, 6) is 0.564. The van der Waals surface area contributed by atoms with Gasteiger partial charge >= 0.3 is 6.09 Å². The van der Waals surface area contributed by atoms with E-state index >= 15 is 0 Å². The monoisotopic (exact) mass is 319 g/mol. The fraction of sp³-hybridized carbons (Fsp3) is 0.529. The van der Waals surface area contributed by atoms with Gasteiger partial charge in [-0.2, -0.15) is 5.10 Å². The number of nitrogens with zero attached hydrogens (tertiary/aromatic N) is 2. The summed E-state index contributed by atoms with van der Waals surface area (Å²) < 4.78 is 10.6. The molecular formula is C17H25N3O3. The average Bonchev–Trinajstić information content (AvgIpc) is 2.79. The van der Waals surface area contributed by atoms with Crippen molar-refractivity contribution < 1.29 is 14.3 Å². The number of rotatable bonds is 4. The van der Waals surface area contributed by atoms with Crippen molar-refractivity contribution >= 4 is 24.1 Å². The van der Waals surface area contributed by atoms with Gasteiger partial charge in [-0.05, 0) is 39.7 Å². The molecule has 1 aromatic heterocycles. The van der Waals surface area contributed by atoms with Crippen LogP contribution in [-0.2, 0) is 9.47 Å². The molecule has 1 heterocycles. The molecule has 1 aliphatic rings. The molecule has 0 radical (unpaired) electrons. The number of H-pyrrole nitrogens is 1. The van der Waals surface area contributed by atoms with Gasteiger partial charge in [0.25, 0.3) is 0 Å². The number of anilines is 1. The molecule has 0 saturated carbocycles. The van der Waals surface area contributed by atoms with Gasteiger partial charge in [0.1, 0.15) is 5.60 Å². The maximum absolute atomic E-state index is 12.6. The molecule has 0 spiro atoms. The molecule has 0 unspecified atom stereocenters. The highest BCUT2D eigenvalue weighted by Gasteiger charge is 2.25. The first-order valence-electron chi connectivity index (χ1n) is 7.83. The summed E-state index contributed by atoms with van der Waals surface area (Å²) in [6, 6.07) is 0. The normalized spacial score (nSPS) is 18.4. The van der Waals surface area contributed by atoms with Crippen LogP contribution in [0.1, 0.15) is 33.6 Å². The number of nitrogens with one attached hydrogen (secondary N) is 1. The van der Waals surface area contributed by atoms with Gasteiger partial charge in [0, 0.05) is 12.3 Å². The zero-order valence-corrected chi connectivity index (χ0v) is 14.3. The maximum atomic E-state index is 12.6. The van der Waals surface area contributed by atoms with Gasteiger partial charge in [0.2, 0.25) is 0 Å². The molecule has 0 fully saturated rings. The molecule has 1 amide bonds. The summed E-state index contributed by atoms with van der Waals surface area (Å²) in [7, 11) is 1.60. The van der Waals surface area contributed by atoms with Crippen LogP contribution in [0, 0.1) is 0 Å². The van der Waals surface area contributed by atoms with Gasteiger partial charge in [0.15, 0.2) is 5.82 Å². The minimum Gasteiger partial charge on any atom is -0.443 e. The molecule has 0 saturated heterocycles. The van der Waals surface area contributed by atoms with Crippen molar-refractivity contribution in [3.63, 3.8) is 0 Å². The molecule has 2 rings (SSSR count). The van der Waals surface area contributed by atoms with Crippen LogP contribution in [0.15, 0.2) is 12.2 Å². The van der Waals surface area contributed by atoms with E-state index in [-0.39, 0.29) is 0 Å². The second-order valence-corrected chi connectivity index (χ2v) is 6.38. The quantitative estimate of drug-likeness (QED) is 0.917. The van der Waals surface area contributed by atoms with E-state index in [4.69, 9.17) is 9.47 Å². The minimum absolute atomic E-state index is 0.375. The van der Waals surface area contributed by atoms with Crippen LogP contribution < -0.4 is 15.5 Å². The number of methoxy groups -OCH3 is 1. The zero-order chi connectivity index (χ0) is 16.9. The molecule has 0 bridgehead atoms. The Bertz CT molecular complexity index is 683. The number of fused-ring (bicyclic) bond motifs is 1. The third kappa shape index (κ3) is 4.69. The average molecular weight is 319 g/mol. The molecular weight excluding hydrogens is 294 g/mol. The van der Waals surface area contributed by atoms with Crippen molar-refractivity contribution in [1.29, 1.82) is 0 Å². The number of carbonyl (C=O) groups is 1. The fourth-order valence-corrected chi connectivity index (χ4v) is 2.25. The Kier molecular flexibility index (Phi) is 5.60. The highest BCUT2D eigenvalue weighted by atomic mass is 16.6. The molecule has 0 atom stereocenters. The zero-order valence-electron chi connectivity index (χ0n) is 14.3. The Balaban J connectivity index is 2.41. The van der Waals surface area contributed by atoms with E-state index in [9.17, 15) is 4.79 Å². The Hall–Kier alpha value is -2.08. The number of carbonyl (C=O) groups excluding carboxylic acids is 1. The number of allylic oxidation sites excluding steroid dienone is 2. The molecule has 0 aliphatic heterocycles. The fourth-order valence-electron chi connectivity index (χ4n) is 2.25. The summed E-state index contributed by atoms with van der Waals surface area (Å²) >= 11 is 0. The molecule has 1 N–H and O–H groups in total. The van der Waals surface area contributed by atoms with Crippen LogP contribution in [0.3, 0.4) is 0 Å². The van der Waals surface area contributed by atoms with Gasteiger partial charge in [-0.25, -0.2) is 4.79 Å². The minimum atomic E-state index is -0.567. The Morgan fingerprint density at radius 3 is 2.87 bits per heavy atom. The molecule has 6 heteroatoms. The lowest BCUT2D eigenvalue weighted by molar-refractivity contribution is 0.0567. The van der Waals surface area contributed by atoms with Gasteiger partial charge in [0.05, 0.1) is 18.5 Å². The number of ether oxygens (including phenoxy) is 2. The molecule has 6 nitrogen and oxygen atoms in total. The Morgan fingerprint density at radius 2 is 2.17 bits per heavy atom. The topological polar surface area (TPSA) is 67.4 Å². The SMILES string of the molecule is COCCN(C(=O)OC(C)(C)C)c1n[nH]c2/c1=C\C=C\CC\C=2.